The third kappa shape index (κ3) is 1.16. The van der Waals surface area contributed by atoms with Gasteiger partial charge < -0.3 is 4.98 Å². The predicted octanol–water partition coefficient (Wildman–Crippen LogP) is 1.50. The van der Waals surface area contributed by atoms with E-state index in [1.54, 1.807) is 6.20 Å². The van der Waals surface area contributed by atoms with Gasteiger partial charge in [-0.1, -0.05) is 6.07 Å². The Hall–Kier alpha value is -1.42. The van der Waals surface area contributed by atoms with E-state index in [-0.39, 0.29) is 5.56 Å². The molecule has 0 atom stereocenters. The molecule has 0 saturated heterocycles. The Kier molecular flexibility index (Phi) is 1.75. The van der Waals surface area contributed by atoms with Gasteiger partial charge in [0.25, 0.3) is 5.56 Å². The van der Waals surface area contributed by atoms with Crippen molar-refractivity contribution >= 4 is 11.3 Å². The first-order chi connectivity index (χ1) is 5.88. The maximum atomic E-state index is 11.2. The molecule has 2 heterocycles. The first-order valence-electron chi connectivity index (χ1n) is 3.44. The van der Waals surface area contributed by atoms with Crippen molar-refractivity contribution in [3.05, 3.63) is 40.4 Å². The van der Waals surface area contributed by atoms with E-state index < -0.39 is 0 Å². The Labute approximate surface area is 72.7 Å². The smallest absolute Gasteiger partial charge is 0.259 e. The average Bonchev–Trinajstić information content (AvgIpc) is 2.57. The first kappa shape index (κ1) is 7.24. The van der Waals surface area contributed by atoms with Crippen molar-refractivity contribution < 1.29 is 0 Å². The largest absolute Gasteiger partial charge is 0.313 e. The van der Waals surface area contributed by atoms with Gasteiger partial charge in [-0.15, -0.1) is 11.3 Å². The van der Waals surface area contributed by atoms with Crippen molar-refractivity contribution in [1.82, 2.24) is 9.97 Å². The number of aromatic nitrogens is 2. The molecule has 3 nitrogen and oxygen atoms in total. The lowest BCUT2D eigenvalue weighted by molar-refractivity contribution is 1.12. The number of aromatic amines is 1. The zero-order chi connectivity index (χ0) is 8.39. The SMILES string of the molecule is O=c1[nH]cncc1-c1cccs1. The van der Waals surface area contributed by atoms with E-state index in [0.29, 0.717) is 5.56 Å². The molecule has 0 radical (unpaired) electrons. The van der Waals surface area contributed by atoms with Crippen LogP contribution in [-0.4, -0.2) is 9.97 Å². The van der Waals surface area contributed by atoms with Crippen LogP contribution in [-0.2, 0) is 0 Å². The van der Waals surface area contributed by atoms with Crippen molar-refractivity contribution in [3.8, 4) is 10.4 Å². The fraction of sp³-hybridized carbons (Fsp3) is 0. The van der Waals surface area contributed by atoms with Crippen LogP contribution >= 0.6 is 11.3 Å². The molecule has 0 aliphatic rings. The van der Waals surface area contributed by atoms with Gasteiger partial charge in [-0.25, -0.2) is 4.98 Å². The van der Waals surface area contributed by atoms with Crippen LogP contribution in [0.4, 0.5) is 0 Å². The molecule has 0 unspecified atom stereocenters. The third-order valence-electron chi connectivity index (χ3n) is 1.51. The van der Waals surface area contributed by atoms with Crippen LogP contribution in [0.25, 0.3) is 10.4 Å². The number of H-pyrrole nitrogens is 1. The van der Waals surface area contributed by atoms with E-state index in [1.165, 1.54) is 17.7 Å². The van der Waals surface area contributed by atoms with E-state index in [0.717, 1.165) is 4.88 Å². The van der Waals surface area contributed by atoms with Crippen molar-refractivity contribution in [3.63, 3.8) is 0 Å². The maximum absolute atomic E-state index is 11.2. The van der Waals surface area contributed by atoms with Crippen LogP contribution in [0.2, 0.25) is 0 Å². The zero-order valence-electron chi connectivity index (χ0n) is 6.15. The topological polar surface area (TPSA) is 45.8 Å². The van der Waals surface area contributed by atoms with Gasteiger partial charge in [0.1, 0.15) is 0 Å². The van der Waals surface area contributed by atoms with Crippen LogP contribution in [0, 0.1) is 0 Å². The van der Waals surface area contributed by atoms with Crippen molar-refractivity contribution in [2.24, 2.45) is 0 Å². The zero-order valence-corrected chi connectivity index (χ0v) is 6.97. The quantitative estimate of drug-likeness (QED) is 0.719. The summed E-state index contributed by atoms with van der Waals surface area (Å²) in [6, 6.07) is 3.81. The van der Waals surface area contributed by atoms with Crippen molar-refractivity contribution in [2.45, 2.75) is 0 Å². The number of hydrogen-bond acceptors (Lipinski definition) is 3. The summed E-state index contributed by atoms with van der Waals surface area (Å²) in [5.41, 5.74) is 0.542. The molecule has 1 N–H and O–H groups in total. The van der Waals surface area contributed by atoms with Gasteiger partial charge in [-0.3, -0.25) is 4.79 Å². The molecule has 2 aromatic heterocycles. The van der Waals surface area contributed by atoms with Crippen LogP contribution in [0.3, 0.4) is 0 Å². The summed E-state index contributed by atoms with van der Waals surface area (Å²) in [6.45, 7) is 0. The van der Waals surface area contributed by atoms with E-state index >= 15 is 0 Å². The Morgan fingerprint density at radius 1 is 1.50 bits per heavy atom. The minimum absolute atomic E-state index is 0.0903. The van der Waals surface area contributed by atoms with Gasteiger partial charge in [0.15, 0.2) is 0 Å². The van der Waals surface area contributed by atoms with Gasteiger partial charge in [0.2, 0.25) is 0 Å². The number of nitrogens with zero attached hydrogens (tertiary/aromatic N) is 1. The number of hydrogen-bond donors (Lipinski definition) is 1. The predicted molar refractivity (Wildman–Crippen MR) is 48.2 cm³/mol. The molecule has 0 aromatic carbocycles. The molecular weight excluding hydrogens is 172 g/mol. The summed E-state index contributed by atoms with van der Waals surface area (Å²) < 4.78 is 0. The summed E-state index contributed by atoms with van der Waals surface area (Å²) in [5.74, 6) is 0. The van der Waals surface area contributed by atoms with Crippen molar-refractivity contribution in [2.75, 3.05) is 0 Å². The monoisotopic (exact) mass is 178 g/mol. The van der Waals surface area contributed by atoms with E-state index in [4.69, 9.17) is 0 Å². The van der Waals surface area contributed by atoms with Gasteiger partial charge in [0.05, 0.1) is 11.9 Å². The fourth-order valence-corrected chi connectivity index (χ4v) is 1.68. The maximum Gasteiger partial charge on any atom is 0.259 e. The van der Waals surface area contributed by atoms with E-state index in [1.807, 2.05) is 17.5 Å². The van der Waals surface area contributed by atoms with E-state index in [2.05, 4.69) is 9.97 Å². The normalized spacial score (nSPS) is 10.0. The molecule has 12 heavy (non-hydrogen) atoms. The highest BCUT2D eigenvalue weighted by molar-refractivity contribution is 7.13. The lowest BCUT2D eigenvalue weighted by atomic mass is 10.3. The Morgan fingerprint density at radius 3 is 3.08 bits per heavy atom. The van der Waals surface area contributed by atoms with Crippen LogP contribution in [0.1, 0.15) is 0 Å². The van der Waals surface area contributed by atoms with Gasteiger partial charge in [-0.05, 0) is 11.4 Å². The minimum Gasteiger partial charge on any atom is -0.313 e. The molecule has 60 valence electrons. The molecular formula is C8H6N2OS. The molecule has 0 aliphatic carbocycles. The van der Waals surface area contributed by atoms with Gasteiger partial charge in [0, 0.05) is 11.1 Å². The molecule has 4 heteroatoms. The molecule has 2 rings (SSSR count). The summed E-state index contributed by atoms with van der Waals surface area (Å²) >= 11 is 1.53. The lowest BCUT2D eigenvalue weighted by Crippen LogP contribution is -2.07. The van der Waals surface area contributed by atoms with E-state index in [9.17, 15) is 4.79 Å². The van der Waals surface area contributed by atoms with Crippen molar-refractivity contribution in [1.29, 1.82) is 0 Å². The molecule has 0 amide bonds. The number of rotatable bonds is 1. The molecule has 0 spiro atoms. The molecule has 0 fully saturated rings. The summed E-state index contributed by atoms with van der Waals surface area (Å²) in [4.78, 5) is 18.6. The highest BCUT2D eigenvalue weighted by atomic mass is 32.1. The number of nitrogens with one attached hydrogen (secondary N) is 1. The Balaban J connectivity index is 2.63. The number of thiophene rings is 1. The second kappa shape index (κ2) is 2.91. The highest BCUT2D eigenvalue weighted by Crippen LogP contribution is 2.19. The highest BCUT2D eigenvalue weighted by Gasteiger charge is 2.01. The van der Waals surface area contributed by atoms with Crippen LogP contribution < -0.4 is 5.56 Å². The Morgan fingerprint density at radius 2 is 2.42 bits per heavy atom. The minimum atomic E-state index is -0.0903. The summed E-state index contributed by atoms with van der Waals surface area (Å²) in [5, 5.41) is 1.93. The first-order valence-corrected chi connectivity index (χ1v) is 4.32. The average molecular weight is 178 g/mol. The van der Waals surface area contributed by atoms with Gasteiger partial charge in [-0.2, -0.15) is 0 Å². The Bertz CT molecular complexity index is 419. The summed E-state index contributed by atoms with van der Waals surface area (Å²) in [7, 11) is 0. The third-order valence-corrected chi connectivity index (χ3v) is 2.41. The van der Waals surface area contributed by atoms with Crippen LogP contribution in [0.15, 0.2) is 34.8 Å². The second-order valence-electron chi connectivity index (χ2n) is 2.27. The summed E-state index contributed by atoms with van der Waals surface area (Å²) in [6.07, 6.45) is 2.96. The molecule has 0 aliphatic heterocycles. The lowest BCUT2D eigenvalue weighted by Gasteiger charge is -1.91. The fourth-order valence-electron chi connectivity index (χ4n) is 0.951. The van der Waals surface area contributed by atoms with Gasteiger partial charge >= 0.3 is 0 Å². The van der Waals surface area contributed by atoms with Crippen LogP contribution in [0.5, 0.6) is 0 Å². The molecule has 0 bridgehead atoms. The molecule has 2 aromatic rings. The standard InChI is InChI=1S/C8H6N2OS/c11-8-6(4-9-5-10-8)7-2-1-3-12-7/h1-5H,(H,9,10,11). The molecule has 0 saturated carbocycles. The second-order valence-corrected chi connectivity index (χ2v) is 3.22.